The summed E-state index contributed by atoms with van der Waals surface area (Å²) in [5.74, 6) is -0.954. The highest BCUT2D eigenvalue weighted by Crippen LogP contribution is 2.17. The number of carboxylic acid groups (broad SMARTS) is 1. The lowest BCUT2D eigenvalue weighted by molar-refractivity contribution is -0.143. The van der Waals surface area contributed by atoms with Crippen LogP contribution < -0.4 is 5.73 Å². The first kappa shape index (κ1) is 13.4. The number of aliphatic carboxylic acids is 1. The Labute approximate surface area is 112 Å². The lowest BCUT2D eigenvalue weighted by Crippen LogP contribution is -2.49. The number of carboxylic acids is 1. The molecule has 19 heavy (non-hydrogen) atoms. The summed E-state index contributed by atoms with van der Waals surface area (Å²) in [7, 11) is 0. The Morgan fingerprint density at radius 3 is 2.32 bits per heavy atom. The van der Waals surface area contributed by atoms with Gasteiger partial charge in [-0.1, -0.05) is 19.1 Å². The summed E-state index contributed by atoms with van der Waals surface area (Å²) in [6.07, 6.45) is 4.67. The van der Waals surface area contributed by atoms with Gasteiger partial charge in [0.05, 0.1) is 0 Å². The molecule has 0 amide bonds. The van der Waals surface area contributed by atoms with Gasteiger partial charge in [-0.25, -0.2) is 0 Å². The predicted octanol–water partition coefficient (Wildman–Crippen LogP) is 2.21. The molecule has 0 aliphatic heterocycles. The van der Waals surface area contributed by atoms with Crippen molar-refractivity contribution in [1.29, 1.82) is 0 Å². The average Bonchev–Trinajstić information content (AvgIpc) is 2.93. The van der Waals surface area contributed by atoms with E-state index < -0.39 is 11.5 Å². The number of hydrogen-bond acceptors (Lipinski definition) is 2. The van der Waals surface area contributed by atoms with Crippen molar-refractivity contribution in [3.8, 4) is 5.69 Å². The van der Waals surface area contributed by atoms with Crippen LogP contribution in [0.5, 0.6) is 0 Å². The molecule has 0 aliphatic rings. The van der Waals surface area contributed by atoms with E-state index in [1.54, 1.807) is 6.92 Å². The fourth-order valence-electron chi connectivity index (χ4n) is 2.01. The topological polar surface area (TPSA) is 68.2 Å². The Balaban J connectivity index is 2.17. The molecule has 0 saturated carbocycles. The molecular formula is C15H18N2O2. The molecule has 0 radical (unpaired) electrons. The molecule has 1 atom stereocenters. The summed E-state index contributed by atoms with van der Waals surface area (Å²) in [6.45, 7) is 1.79. The van der Waals surface area contributed by atoms with Gasteiger partial charge < -0.3 is 15.4 Å². The van der Waals surface area contributed by atoms with E-state index in [4.69, 9.17) is 10.8 Å². The molecule has 0 fully saturated rings. The number of aromatic nitrogens is 1. The van der Waals surface area contributed by atoms with Gasteiger partial charge in [0.25, 0.3) is 0 Å². The molecule has 100 valence electrons. The number of nitrogens with two attached hydrogens (primary N) is 1. The molecule has 0 spiro atoms. The third-order valence-electron chi connectivity index (χ3n) is 3.42. The van der Waals surface area contributed by atoms with E-state index in [2.05, 4.69) is 0 Å². The maximum atomic E-state index is 11.2. The predicted molar refractivity (Wildman–Crippen MR) is 74.3 cm³/mol. The minimum atomic E-state index is -1.19. The Morgan fingerprint density at radius 1 is 1.26 bits per heavy atom. The minimum Gasteiger partial charge on any atom is -0.480 e. The fraction of sp³-hybridized carbons (Fsp3) is 0.267. The standard InChI is InChI=1S/C15H18N2O2/c1-2-15(16,14(18)19)11-12-5-7-13(8-6-12)17-9-3-4-10-17/h3-10H,2,11,16H2,1H3,(H,18,19). The summed E-state index contributed by atoms with van der Waals surface area (Å²) in [5.41, 5.74) is 6.69. The first-order chi connectivity index (χ1) is 9.05. The van der Waals surface area contributed by atoms with Gasteiger partial charge >= 0.3 is 5.97 Å². The molecule has 0 saturated heterocycles. The molecular weight excluding hydrogens is 240 g/mol. The Morgan fingerprint density at radius 2 is 1.84 bits per heavy atom. The number of hydrogen-bond donors (Lipinski definition) is 2. The van der Waals surface area contributed by atoms with Gasteiger partial charge in [-0.3, -0.25) is 4.79 Å². The van der Waals surface area contributed by atoms with Crippen molar-refractivity contribution in [2.45, 2.75) is 25.3 Å². The molecule has 1 aromatic heterocycles. The van der Waals surface area contributed by atoms with Gasteiger partial charge in [0.15, 0.2) is 0 Å². The largest absolute Gasteiger partial charge is 0.480 e. The van der Waals surface area contributed by atoms with Gasteiger partial charge in [0.1, 0.15) is 5.54 Å². The second kappa shape index (κ2) is 5.28. The third kappa shape index (κ3) is 2.85. The summed E-state index contributed by atoms with van der Waals surface area (Å²) in [4.78, 5) is 11.2. The maximum absolute atomic E-state index is 11.2. The van der Waals surface area contributed by atoms with Crippen LogP contribution in [0.25, 0.3) is 5.69 Å². The zero-order valence-corrected chi connectivity index (χ0v) is 10.9. The molecule has 3 N–H and O–H groups in total. The monoisotopic (exact) mass is 258 g/mol. The molecule has 0 aliphatic carbocycles. The van der Waals surface area contributed by atoms with Crippen LogP contribution in [0.3, 0.4) is 0 Å². The van der Waals surface area contributed by atoms with Crippen molar-refractivity contribution in [3.63, 3.8) is 0 Å². The SMILES string of the molecule is CCC(N)(Cc1ccc(-n2cccc2)cc1)C(=O)O. The van der Waals surface area contributed by atoms with E-state index in [0.29, 0.717) is 12.8 Å². The Kier molecular flexibility index (Phi) is 3.71. The summed E-state index contributed by atoms with van der Waals surface area (Å²) in [5, 5.41) is 9.17. The highest BCUT2D eigenvalue weighted by molar-refractivity contribution is 5.78. The quantitative estimate of drug-likeness (QED) is 0.864. The van der Waals surface area contributed by atoms with Crippen LogP contribution in [0.1, 0.15) is 18.9 Å². The lowest BCUT2D eigenvalue weighted by atomic mass is 9.89. The van der Waals surface area contributed by atoms with Crippen LogP contribution in [-0.4, -0.2) is 21.2 Å². The van der Waals surface area contributed by atoms with Crippen molar-refractivity contribution >= 4 is 5.97 Å². The number of benzene rings is 1. The highest BCUT2D eigenvalue weighted by atomic mass is 16.4. The molecule has 1 unspecified atom stereocenters. The first-order valence-electron chi connectivity index (χ1n) is 6.30. The van der Waals surface area contributed by atoms with Gasteiger partial charge in [-0.2, -0.15) is 0 Å². The van der Waals surface area contributed by atoms with E-state index in [-0.39, 0.29) is 0 Å². The van der Waals surface area contributed by atoms with Crippen molar-refractivity contribution in [3.05, 3.63) is 54.4 Å². The van der Waals surface area contributed by atoms with E-state index in [0.717, 1.165) is 11.3 Å². The summed E-state index contributed by atoms with van der Waals surface area (Å²) >= 11 is 0. The van der Waals surface area contributed by atoms with Crippen LogP contribution in [0.15, 0.2) is 48.8 Å². The summed E-state index contributed by atoms with van der Waals surface area (Å²) < 4.78 is 2.00. The van der Waals surface area contributed by atoms with Crippen LogP contribution in [0, 0.1) is 0 Å². The smallest absolute Gasteiger partial charge is 0.324 e. The van der Waals surface area contributed by atoms with Crippen LogP contribution in [-0.2, 0) is 11.2 Å². The first-order valence-corrected chi connectivity index (χ1v) is 6.30. The van der Waals surface area contributed by atoms with Crippen LogP contribution in [0.2, 0.25) is 0 Å². The van der Waals surface area contributed by atoms with Gasteiger partial charge in [-0.15, -0.1) is 0 Å². The lowest BCUT2D eigenvalue weighted by Gasteiger charge is -2.23. The maximum Gasteiger partial charge on any atom is 0.324 e. The van der Waals surface area contributed by atoms with Gasteiger partial charge in [0.2, 0.25) is 0 Å². The second-order valence-corrected chi connectivity index (χ2v) is 4.75. The zero-order valence-electron chi connectivity index (χ0n) is 10.9. The summed E-state index contributed by atoms with van der Waals surface area (Å²) in [6, 6.07) is 11.7. The normalized spacial score (nSPS) is 14.0. The molecule has 1 heterocycles. The fourth-order valence-corrected chi connectivity index (χ4v) is 2.01. The minimum absolute atomic E-state index is 0.338. The Bertz CT molecular complexity index is 546. The Hall–Kier alpha value is -2.07. The van der Waals surface area contributed by atoms with Crippen molar-refractivity contribution in [2.24, 2.45) is 5.73 Å². The van der Waals surface area contributed by atoms with E-state index in [9.17, 15) is 4.79 Å². The number of nitrogens with zero attached hydrogens (tertiary/aromatic N) is 1. The van der Waals surface area contributed by atoms with E-state index in [1.165, 1.54) is 0 Å². The second-order valence-electron chi connectivity index (χ2n) is 4.75. The van der Waals surface area contributed by atoms with Crippen LogP contribution in [0.4, 0.5) is 0 Å². The van der Waals surface area contributed by atoms with Crippen molar-refractivity contribution < 1.29 is 9.90 Å². The van der Waals surface area contributed by atoms with Gasteiger partial charge in [0, 0.05) is 24.5 Å². The molecule has 0 bridgehead atoms. The molecule has 2 rings (SSSR count). The van der Waals surface area contributed by atoms with Crippen LogP contribution >= 0.6 is 0 Å². The number of rotatable bonds is 5. The number of carbonyl (C=O) groups is 1. The molecule has 2 aromatic rings. The third-order valence-corrected chi connectivity index (χ3v) is 3.42. The zero-order chi connectivity index (χ0) is 13.9. The van der Waals surface area contributed by atoms with Gasteiger partial charge in [-0.05, 0) is 36.2 Å². The average molecular weight is 258 g/mol. The molecule has 1 aromatic carbocycles. The van der Waals surface area contributed by atoms with E-state index >= 15 is 0 Å². The van der Waals surface area contributed by atoms with Crippen molar-refractivity contribution in [2.75, 3.05) is 0 Å². The highest BCUT2D eigenvalue weighted by Gasteiger charge is 2.31. The molecule has 4 heteroatoms. The van der Waals surface area contributed by atoms with E-state index in [1.807, 2.05) is 53.4 Å². The molecule has 4 nitrogen and oxygen atoms in total. The van der Waals surface area contributed by atoms with Crippen molar-refractivity contribution in [1.82, 2.24) is 4.57 Å².